The Bertz CT molecular complexity index is 1050. The zero-order valence-corrected chi connectivity index (χ0v) is 21.6. The van der Waals surface area contributed by atoms with Gasteiger partial charge in [0.2, 0.25) is 0 Å². The Balaban J connectivity index is 0.00000289. The van der Waals surface area contributed by atoms with Crippen molar-refractivity contribution in [3.8, 4) is 5.75 Å². The van der Waals surface area contributed by atoms with Crippen molar-refractivity contribution in [1.29, 1.82) is 0 Å². The number of thiophene rings is 1. The molecule has 2 aromatic heterocycles. The van der Waals surface area contributed by atoms with E-state index in [-0.39, 0.29) is 30.0 Å². The van der Waals surface area contributed by atoms with Crippen molar-refractivity contribution in [1.82, 2.24) is 25.4 Å². The van der Waals surface area contributed by atoms with E-state index in [1.165, 1.54) is 11.3 Å². The summed E-state index contributed by atoms with van der Waals surface area (Å²) in [5.41, 5.74) is 0.0914. The lowest BCUT2D eigenvalue weighted by Gasteiger charge is -2.29. The van der Waals surface area contributed by atoms with Gasteiger partial charge < -0.3 is 25.0 Å². The quantitative estimate of drug-likeness (QED) is 0.240. The Kier molecular flexibility index (Phi) is 8.12. The standard InChI is InChI=1S/C22H28N6O2S.HI/c1-15-26-27-20(28(15)3)13-23-21(24-14-22(2,29)19-9-6-12-31-19)25-17-10-11-30-18-8-5-4-7-16(17)18;/h4-9,12,17,29H,10-11,13-14H2,1-3H3,(H2,23,24,25);1H. The number of nitrogens with zero attached hydrogens (tertiary/aromatic N) is 4. The van der Waals surface area contributed by atoms with Crippen molar-refractivity contribution < 1.29 is 9.84 Å². The number of hydrogen-bond acceptors (Lipinski definition) is 6. The number of para-hydroxylation sites is 1. The molecule has 32 heavy (non-hydrogen) atoms. The molecule has 2 atom stereocenters. The highest BCUT2D eigenvalue weighted by molar-refractivity contribution is 14.0. The van der Waals surface area contributed by atoms with Gasteiger partial charge in [-0.3, -0.25) is 0 Å². The zero-order valence-electron chi connectivity index (χ0n) is 18.4. The summed E-state index contributed by atoms with van der Waals surface area (Å²) in [6.45, 7) is 5.05. The maximum atomic E-state index is 10.9. The van der Waals surface area contributed by atoms with E-state index in [4.69, 9.17) is 9.73 Å². The predicted octanol–water partition coefficient (Wildman–Crippen LogP) is 3.27. The van der Waals surface area contributed by atoms with Crippen LogP contribution < -0.4 is 15.4 Å². The van der Waals surface area contributed by atoms with Crippen molar-refractivity contribution in [2.75, 3.05) is 13.2 Å². The SMILES string of the molecule is Cc1nnc(CN=C(NCC(C)(O)c2cccs2)NC2CCOc3ccccc32)n1C.I. The topological polar surface area (TPSA) is 96.6 Å². The van der Waals surface area contributed by atoms with Crippen molar-refractivity contribution in [2.24, 2.45) is 12.0 Å². The second-order valence-corrected chi connectivity index (χ2v) is 8.81. The summed E-state index contributed by atoms with van der Waals surface area (Å²) in [4.78, 5) is 5.64. The number of fused-ring (bicyclic) bond motifs is 1. The lowest BCUT2D eigenvalue weighted by atomic mass is 10.0. The minimum absolute atomic E-state index is 0. The summed E-state index contributed by atoms with van der Waals surface area (Å²) in [5.74, 6) is 3.11. The van der Waals surface area contributed by atoms with Gasteiger partial charge in [-0.15, -0.1) is 45.5 Å². The average Bonchev–Trinajstić information content (AvgIpc) is 3.42. The van der Waals surface area contributed by atoms with Crippen molar-refractivity contribution in [2.45, 2.75) is 38.5 Å². The molecule has 0 amide bonds. The van der Waals surface area contributed by atoms with Crippen LogP contribution in [0.5, 0.6) is 5.75 Å². The smallest absolute Gasteiger partial charge is 0.192 e. The molecule has 0 fully saturated rings. The number of halogens is 1. The van der Waals surface area contributed by atoms with E-state index >= 15 is 0 Å². The number of aliphatic hydroxyl groups is 1. The molecule has 0 bridgehead atoms. The lowest BCUT2D eigenvalue weighted by molar-refractivity contribution is 0.0654. The number of aryl methyl sites for hydroxylation is 1. The highest BCUT2D eigenvalue weighted by Gasteiger charge is 2.26. The second-order valence-electron chi connectivity index (χ2n) is 7.86. The summed E-state index contributed by atoms with van der Waals surface area (Å²) in [6, 6.07) is 12.0. The number of nitrogens with one attached hydrogen (secondary N) is 2. The van der Waals surface area contributed by atoms with E-state index in [0.717, 1.165) is 34.3 Å². The van der Waals surface area contributed by atoms with Crippen LogP contribution >= 0.6 is 35.3 Å². The minimum atomic E-state index is -1.01. The lowest BCUT2D eigenvalue weighted by Crippen LogP contribution is -2.46. The van der Waals surface area contributed by atoms with Crippen LogP contribution in [0.15, 0.2) is 46.8 Å². The third-order valence-corrected chi connectivity index (χ3v) is 6.61. The molecule has 0 radical (unpaired) electrons. The normalized spacial score (nSPS) is 17.5. The van der Waals surface area contributed by atoms with Gasteiger partial charge in [-0.1, -0.05) is 24.3 Å². The molecule has 0 saturated carbocycles. The Morgan fingerprint density at radius 2 is 2.12 bits per heavy atom. The minimum Gasteiger partial charge on any atom is -0.493 e. The number of guanidine groups is 1. The fourth-order valence-electron chi connectivity index (χ4n) is 3.48. The maximum Gasteiger partial charge on any atom is 0.192 e. The van der Waals surface area contributed by atoms with E-state index in [1.807, 2.05) is 54.3 Å². The summed E-state index contributed by atoms with van der Waals surface area (Å²) in [7, 11) is 1.93. The van der Waals surface area contributed by atoms with Crippen molar-refractivity contribution in [3.63, 3.8) is 0 Å². The first kappa shape index (κ1) is 24.5. The van der Waals surface area contributed by atoms with Gasteiger partial charge in [0.1, 0.15) is 23.7 Å². The molecule has 172 valence electrons. The summed E-state index contributed by atoms with van der Waals surface area (Å²) < 4.78 is 7.71. The van der Waals surface area contributed by atoms with Crippen LogP contribution in [-0.2, 0) is 19.2 Å². The summed E-state index contributed by atoms with van der Waals surface area (Å²) >= 11 is 1.53. The molecular formula is C22H29IN6O2S. The molecule has 3 aromatic rings. The number of hydrogen-bond donors (Lipinski definition) is 3. The molecule has 1 aliphatic heterocycles. The Morgan fingerprint density at radius 1 is 1.31 bits per heavy atom. The molecule has 0 saturated heterocycles. The number of rotatable bonds is 6. The molecule has 10 heteroatoms. The van der Waals surface area contributed by atoms with Crippen LogP contribution in [0.3, 0.4) is 0 Å². The molecular weight excluding hydrogens is 539 g/mol. The Labute approximate surface area is 209 Å². The fraction of sp³-hybridized carbons (Fsp3) is 0.409. The van der Waals surface area contributed by atoms with Gasteiger partial charge in [0.05, 0.1) is 19.2 Å². The van der Waals surface area contributed by atoms with E-state index in [1.54, 1.807) is 6.92 Å². The second kappa shape index (κ2) is 10.6. The van der Waals surface area contributed by atoms with E-state index in [0.29, 0.717) is 25.7 Å². The molecule has 8 nitrogen and oxygen atoms in total. The van der Waals surface area contributed by atoms with Crippen LogP contribution in [-0.4, -0.2) is 39.0 Å². The largest absolute Gasteiger partial charge is 0.493 e. The molecule has 3 heterocycles. The monoisotopic (exact) mass is 568 g/mol. The Morgan fingerprint density at radius 3 is 2.84 bits per heavy atom. The van der Waals surface area contributed by atoms with Gasteiger partial charge in [-0.25, -0.2) is 4.99 Å². The molecule has 3 N–H and O–H groups in total. The molecule has 0 aliphatic carbocycles. The van der Waals surface area contributed by atoms with E-state index in [9.17, 15) is 5.11 Å². The van der Waals surface area contributed by atoms with Crippen LogP contribution in [0.2, 0.25) is 0 Å². The number of aromatic nitrogens is 3. The van der Waals surface area contributed by atoms with Gasteiger partial charge in [0.25, 0.3) is 0 Å². The first-order valence-corrected chi connectivity index (χ1v) is 11.2. The van der Waals surface area contributed by atoms with E-state index < -0.39 is 5.60 Å². The van der Waals surface area contributed by atoms with Crippen LogP contribution in [0, 0.1) is 6.92 Å². The van der Waals surface area contributed by atoms with Gasteiger partial charge in [0.15, 0.2) is 11.8 Å². The maximum absolute atomic E-state index is 10.9. The number of aliphatic imine (C=N–C) groups is 1. The predicted molar refractivity (Wildman–Crippen MR) is 137 cm³/mol. The molecule has 2 unspecified atom stereocenters. The van der Waals surface area contributed by atoms with Crippen molar-refractivity contribution >= 4 is 41.3 Å². The highest BCUT2D eigenvalue weighted by atomic mass is 127. The third-order valence-electron chi connectivity index (χ3n) is 5.48. The van der Waals surface area contributed by atoms with Crippen LogP contribution in [0.1, 0.15) is 41.5 Å². The average molecular weight is 568 g/mol. The molecule has 0 spiro atoms. The summed E-state index contributed by atoms with van der Waals surface area (Å²) in [5, 5.41) is 28.1. The van der Waals surface area contributed by atoms with Gasteiger partial charge in [-0.05, 0) is 31.4 Å². The Hall–Kier alpha value is -2.18. The summed E-state index contributed by atoms with van der Waals surface area (Å²) in [6.07, 6.45) is 0.822. The zero-order chi connectivity index (χ0) is 21.8. The first-order valence-electron chi connectivity index (χ1n) is 10.3. The van der Waals surface area contributed by atoms with Gasteiger partial charge in [0, 0.05) is 23.9 Å². The number of benzene rings is 1. The van der Waals surface area contributed by atoms with Gasteiger partial charge in [-0.2, -0.15) is 0 Å². The van der Waals surface area contributed by atoms with Crippen molar-refractivity contribution in [3.05, 3.63) is 63.9 Å². The van der Waals surface area contributed by atoms with Crippen LogP contribution in [0.25, 0.3) is 0 Å². The first-order chi connectivity index (χ1) is 14.9. The fourth-order valence-corrected chi connectivity index (χ4v) is 4.26. The third kappa shape index (κ3) is 5.59. The van der Waals surface area contributed by atoms with Crippen LogP contribution in [0.4, 0.5) is 0 Å². The van der Waals surface area contributed by atoms with E-state index in [2.05, 4.69) is 26.9 Å². The molecule has 1 aliphatic rings. The molecule has 4 rings (SSSR count). The molecule has 1 aromatic carbocycles. The van der Waals surface area contributed by atoms with Gasteiger partial charge >= 0.3 is 0 Å². The highest BCUT2D eigenvalue weighted by Crippen LogP contribution is 2.31. The number of ether oxygens (including phenoxy) is 1.